The first-order valence-corrected chi connectivity index (χ1v) is 6.54. The predicted molar refractivity (Wildman–Crippen MR) is 73.0 cm³/mol. The molecular weight excluding hydrogens is 224 g/mol. The van der Waals surface area contributed by atoms with Gasteiger partial charge in [0.05, 0.1) is 0 Å². The first-order valence-electron chi connectivity index (χ1n) is 6.54. The molecular formula is C15H18N2O. The lowest BCUT2D eigenvalue weighted by Gasteiger charge is -2.13. The summed E-state index contributed by atoms with van der Waals surface area (Å²) in [5.41, 5.74) is 1.26. The van der Waals surface area contributed by atoms with Crippen molar-refractivity contribution in [3.8, 4) is 5.88 Å². The summed E-state index contributed by atoms with van der Waals surface area (Å²) in [6.07, 6.45) is 4.26. The van der Waals surface area contributed by atoms with Crippen molar-refractivity contribution in [2.24, 2.45) is 0 Å². The maximum atomic E-state index is 5.87. The van der Waals surface area contributed by atoms with Crippen molar-refractivity contribution >= 4 is 10.8 Å². The van der Waals surface area contributed by atoms with Crippen LogP contribution in [0.4, 0.5) is 0 Å². The molecule has 2 heterocycles. The van der Waals surface area contributed by atoms with Gasteiger partial charge in [0.2, 0.25) is 5.88 Å². The Kier molecular flexibility index (Phi) is 3.15. The molecule has 3 rings (SSSR count). The van der Waals surface area contributed by atoms with Gasteiger partial charge in [-0.2, -0.15) is 0 Å². The molecule has 0 bridgehead atoms. The maximum Gasteiger partial charge on any atom is 0.221 e. The lowest BCUT2D eigenvalue weighted by molar-refractivity contribution is 0.271. The Hall–Kier alpha value is -1.61. The number of hydrogen-bond donors (Lipinski definition) is 1. The van der Waals surface area contributed by atoms with Gasteiger partial charge >= 0.3 is 0 Å². The molecule has 1 aliphatic heterocycles. The minimum atomic E-state index is 0.479. The van der Waals surface area contributed by atoms with Gasteiger partial charge in [-0.15, -0.1) is 0 Å². The number of rotatable bonds is 3. The fraction of sp³-hybridized carbons (Fsp3) is 0.400. The van der Waals surface area contributed by atoms with E-state index >= 15 is 0 Å². The van der Waals surface area contributed by atoms with Crippen LogP contribution in [0, 0.1) is 6.92 Å². The number of hydrogen-bond acceptors (Lipinski definition) is 3. The normalized spacial score (nSPS) is 19.3. The highest BCUT2D eigenvalue weighted by molar-refractivity contribution is 5.87. The number of aryl methyl sites for hydroxylation is 1. The second kappa shape index (κ2) is 4.94. The van der Waals surface area contributed by atoms with Gasteiger partial charge in [-0.25, -0.2) is 4.98 Å². The molecule has 0 amide bonds. The third-order valence-corrected chi connectivity index (χ3v) is 3.47. The van der Waals surface area contributed by atoms with Crippen molar-refractivity contribution in [3.05, 3.63) is 36.0 Å². The molecule has 0 spiro atoms. The average molecular weight is 242 g/mol. The molecule has 1 N–H and O–H groups in total. The third kappa shape index (κ3) is 2.31. The van der Waals surface area contributed by atoms with Crippen LogP contribution in [0.3, 0.4) is 0 Å². The van der Waals surface area contributed by atoms with E-state index in [1.165, 1.54) is 23.8 Å². The zero-order valence-electron chi connectivity index (χ0n) is 10.6. The first kappa shape index (κ1) is 11.5. The second-order valence-corrected chi connectivity index (χ2v) is 4.94. The average Bonchev–Trinajstić information content (AvgIpc) is 2.89. The van der Waals surface area contributed by atoms with Crippen LogP contribution in [0.25, 0.3) is 10.8 Å². The van der Waals surface area contributed by atoms with Gasteiger partial charge in [-0.3, -0.25) is 0 Å². The summed E-state index contributed by atoms with van der Waals surface area (Å²) in [7, 11) is 0. The predicted octanol–water partition coefficient (Wildman–Crippen LogP) is 2.67. The third-order valence-electron chi connectivity index (χ3n) is 3.47. The van der Waals surface area contributed by atoms with Crippen LogP contribution in [0.5, 0.6) is 5.88 Å². The van der Waals surface area contributed by atoms with E-state index in [1.807, 2.05) is 12.3 Å². The van der Waals surface area contributed by atoms with E-state index in [2.05, 4.69) is 35.4 Å². The Labute approximate surface area is 107 Å². The maximum absolute atomic E-state index is 5.87. The van der Waals surface area contributed by atoms with Gasteiger partial charge in [0.25, 0.3) is 0 Å². The summed E-state index contributed by atoms with van der Waals surface area (Å²) in [6.45, 7) is 3.92. The number of aromatic nitrogens is 1. The van der Waals surface area contributed by atoms with Crippen LogP contribution in [0.1, 0.15) is 18.4 Å². The van der Waals surface area contributed by atoms with Gasteiger partial charge in [0.1, 0.15) is 6.61 Å². The summed E-state index contributed by atoms with van der Waals surface area (Å²) < 4.78 is 5.87. The topological polar surface area (TPSA) is 34.1 Å². The molecule has 3 heteroatoms. The van der Waals surface area contributed by atoms with Crippen molar-refractivity contribution in [2.45, 2.75) is 25.8 Å². The van der Waals surface area contributed by atoms with Crippen LogP contribution >= 0.6 is 0 Å². The summed E-state index contributed by atoms with van der Waals surface area (Å²) >= 11 is 0. The summed E-state index contributed by atoms with van der Waals surface area (Å²) in [6, 6.07) is 8.87. The van der Waals surface area contributed by atoms with E-state index in [0.717, 1.165) is 17.8 Å². The smallest absolute Gasteiger partial charge is 0.221 e. The van der Waals surface area contributed by atoms with Crippen LogP contribution in [0.15, 0.2) is 30.5 Å². The molecule has 94 valence electrons. The Morgan fingerprint density at radius 2 is 2.33 bits per heavy atom. The summed E-state index contributed by atoms with van der Waals surface area (Å²) in [5.74, 6) is 0.751. The number of nitrogens with zero attached hydrogens (tertiary/aromatic N) is 1. The van der Waals surface area contributed by atoms with Crippen molar-refractivity contribution in [1.29, 1.82) is 0 Å². The molecule has 1 fully saturated rings. The molecule has 1 unspecified atom stereocenters. The van der Waals surface area contributed by atoms with Gasteiger partial charge < -0.3 is 10.1 Å². The molecule has 1 aromatic carbocycles. The number of fused-ring (bicyclic) bond motifs is 1. The fourth-order valence-corrected chi connectivity index (χ4v) is 2.46. The first-order chi connectivity index (χ1) is 8.83. The molecule has 2 aromatic rings. The summed E-state index contributed by atoms with van der Waals surface area (Å²) in [4.78, 5) is 4.35. The van der Waals surface area contributed by atoms with E-state index in [4.69, 9.17) is 4.74 Å². The zero-order chi connectivity index (χ0) is 12.4. The van der Waals surface area contributed by atoms with Crippen molar-refractivity contribution in [2.75, 3.05) is 13.2 Å². The number of pyridine rings is 1. The van der Waals surface area contributed by atoms with Gasteiger partial charge in [0, 0.05) is 17.6 Å². The highest BCUT2D eigenvalue weighted by Crippen LogP contribution is 2.24. The highest BCUT2D eigenvalue weighted by atomic mass is 16.5. The van der Waals surface area contributed by atoms with Crippen LogP contribution < -0.4 is 10.1 Å². The Morgan fingerprint density at radius 3 is 3.17 bits per heavy atom. The standard InChI is InChI=1S/C15H18N2O/c1-11-4-5-14-12(9-11)6-8-17-15(14)18-10-13-3-2-7-16-13/h4-6,8-9,13,16H,2-3,7,10H2,1H3. The SMILES string of the molecule is Cc1ccc2c(OCC3CCCN3)nccc2c1. The number of benzene rings is 1. The summed E-state index contributed by atoms with van der Waals surface area (Å²) in [5, 5.41) is 5.72. The Morgan fingerprint density at radius 1 is 1.39 bits per heavy atom. The van der Waals surface area contributed by atoms with Crippen molar-refractivity contribution in [3.63, 3.8) is 0 Å². The molecule has 0 radical (unpaired) electrons. The zero-order valence-corrected chi connectivity index (χ0v) is 10.6. The van der Waals surface area contributed by atoms with Gasteiger partial charge in [-0.05, 0) is 43.8 Å². The highest BCUT2D eigenvalue weighted by Gasteiger charge is 2.15. The lowest BCUT2D eigenvalue weighted by Crippen LogP contribution is -2.28. The van der Waals surface area contributed by atoms with Gasteiger partial charge in [0.15, 0.2) is 0 Å². The second-order valence-electron chi connectivity index (χ2n) is 4.94. The van der Waals surface area contributed by atoms with Crippen LogP contribution in [0.2, 0.25) is 0 Å². The van der Waals surface area contributed by atoms with E-state index in [1.54, 1.807) is 0 Å². The van der Waals surface area contributed by atoms with Crippen molar-refractivity contribution < 1.29 is 4.74 Å². The van der Waals surface area contributed by atoms with E-state index < -0.39 is 0 Å². The molecule has 1 atom stereocenters. The monoisotopic (exact) mass is 242 g/mol. The molecule has 0 saturated carbocycles. The van der Waals surface area contributed by atoms with E-state index in [-0.39, 0.29) is 0 Å². The molecule has 18 heavy (non-hydrogen) atoms. The van der Waals surface area contributed by atoms with Crippen LogP contribution in [-0.4, -0.2) is 24.2 Å². The molecule has 3 nitrogen and oxygen atoms in total. The lowest BCUT2D eigenvalue weighted by atomic mass is 10.1. The minimum Gasteiger partial charge on any atom is -0.476 e. The fourth-order valence-electron chi connectivity index (χ4n) is 2.46. The quantitative estimate of drug-likeness (QED) is 0.898. The van der Waals surface area contributed by atoms with E-state index in [9.17, 15) is 0 Å². The Balaban J connectivity index is 1.82. The van der Waals surface area contributed by atoms with E-state index in [0.29, 0.717) is 12.6 Å². The molecule has 0 aliphatic carbocycles. The van der Waals surface area contributed by atoms with Crippen molar-refractivity contribution in [1.82, 2.24) is 10.3 Å². The number of ether oxygens (including phenoxy) is 1. The molecule has 1 aromatic heterocycles. The minimum absolute atomic E-state index is 0.479. The number of nitrogens with one attached hydrogen (secondary N) is 1. The van der Waals surface area contributed by atoms with Crippen LogP contribution in [-0.2, 0) is 0 Å². The largest absolute Gasteiger partial charge is 0.476 e. The van der Waals surface area contributed by atoms with Gasteiger partial charge in [-0.1, -0.05) is 17.7 Å². The Bertz CT molecular complexity index is 547. The molecule has 1 aliphatic rings. The molecule has 1 saturated heterocycles.